The summed E-state index contributed by atoms with van der Waals surface area (Å²) in [6.45, 7) is 2.30. The van der Waals surface area contributed by atoms with Gasteiger partial charge in [0.1, 0.15) is 0 Å². The zero-order chi connectivity index (χ0) is 16.7. The number of hydrogen-bond acceptors (Lipinski definition) is 3. The van der Waals surface area contributed by atoms with E-state index in [0.29, 0.717) is 6.54 Å². The predicted octanol–water partition coefficient (Wildman–Crippen LogP) is 3.48. The fourth-order valence-electron chi connectivity index (χ4n) is 2.09. The Bertz CT molecular complexity index is 629. The van der Waals surface area contributed by atoms with Gasteiger partial charge in [-0.15, -0.1) is 11.3 Å². The Hall–Kier alpha value is -2.34. The maximum Gasteiger partial charge on any atom is 0.319 e. The molecule has 6 heteroatoms. The molecule has 0 saturated carbocycles. The molecule has 0 radical (unpaired) electrons. The highest BCUT2D eigenvalue weighted by atomic mass is 32.1. The van der Waals surface area contributed by atoms with Crippen molar-refractivity contribution >= 4 is 29.0 Å². The normalized spacial score (nSPS) is 11.6. The van der Waals surface area contributed by atoms with Crippen molar-refractivity contribution in [2.24, 2.45) is 0 Å². The van der Waals surface area contributed by atoms with Crippen LogP contribution in [0, 0.1) is 0 Å². The van der Waals surface area contributed by atoms with E-state index in [4.69, 9.17) is 0 Å². The minimum Gasteiger partial charge on any atom is -0.338 e. The van der Waals surface area contributed by atoms with Gasteiger partial charge in [-0.2, -0.15) is 0 Å². The molecule has 0 saturated heterocycles. The molecule has 1 atom stereocenters. The van der Waals surface area contributed by atoms with Crippen LogP contribution in [0.3, 0.4) is 0 Å². The van der Waals surface area contributed by atoms with Crippen LogP contribution in [0.4, 0.5) is 10.5 Å². The summed E-state index contributed by atoms with van der Waals surface area (Å²) in [6, 6.07) is 12.9. The van der Waals surface area contributed by atoms with Crippen molar-refractivity contribution in [3.05, 3.63) is 52.7 Å². The van der Waals surface area contributed by atoms with Gasteiger partial charge in [0.25, 0.3) is 0 Å². The lowest BCUT2D eigenvalue weighted by atomic mass is 10.2. The van der Waals surface area contributed by atoms with Crippen LogP contribution < -0.4 is 10.6 Å². The molecule has 0 spiro atoms. The van der Waals surface area contributed by atoms with Gasteiger partial charge in [-0.1, -0.05) is 24.3 Å². The molecule has 2 rings (SSSR count). The van der Waals surface area contributed by atoms with E-state index in [1.54, 1.807) is 35.4 Å². The number of amides is 3. The molecule has 122 valence electrons. The van der Waals surface area contributed by atoms with Crippen LogP contribution in [-0.4, -0.2) is 30.4 Å². The lowest BCUT2D eigenvalue weighted by molar-refractivity contribution is -0.131. The number of benzene rings is 1. The molecule has 0 aliphatic carbocycles. The summed E-state index contributed by atoms with van der Waals surface area (Å²) in [5, 5.41) is 7.41. The average molecular weight is 331 g/mol. The number of rotatable bonds is 6. The SMILES string of the molecule is CC(c1cccs1)N(C)C(=O)CCNC(=O)Nc1ccccc1. The molecule has 2 N–H and O–H groups in total. The van der Waals surface area contributed by atoms with Crippen molar-refractivity contribution < 1.29 is 9.59 Å². The van der Waals surface area contributed by atoms with Crippen LogP contribution in [0.15, 0.2) is 47.8 Å². The molecule has 0 aliphatic rings. The van der Waals surface area contributed by atoms with Gasteiger partial charge < -0.3 is 15.5 Å². The minimum absolute atomic E-state index is 0.00547. The summed E-state index contributed by atoms with van der Waals surface area (Å²) in [4.78, 5) is 26.8. The fourth-order valence-corrected chi connectivity index (χ4v) is 2.92. The van der Waals surface area contributed by atoms with Crippen molar-refractivity contribution in [3.8, 4) is 0 Å². The van der Waals surface area contributed by atoms with E-state index < -0.39 is 0 Å². The minimum atomic E-state index is -0.307. The highest BCUT2D eigenvalue weighted by molar-refractivity contribution is 7.10. The molecule has 23 heavy (non-hydrogen) atoms. The quantitative estimate of drug-likeness (QED) is 0.851. The standard InChI is InChI=1S/C17H21N3O2S/c1-13(15-9-6-12-23-15)20(2)16(21)10-11-18-17(22)19-14-7-4-3-5-8-14/h3-9,12-13H,10-11H2,1-2H3,(H2,18,19,22). The fraction of sp³-hybridized carbons (Fsp3) is 0.294. The van der Waals surface area contributed by atoms with Crippen molar-refractivity contribution in [1.82, 2.24) is 10.2 Å². The molecule has 5 nitrogen and oxygen atoms in total. The van der Waals surface area contributed by atoms with Crippen molar-refractivity contribution in [2.75, 3.05) is 18.9 Å². The maximum absolute atomic E-state index is 12.2. The summed E-state index contributed by atoms with van der Waals surface area (Å²) >= 11 is 1.63. The topological polar surface area (TPSA) is 61.4 Å². The van der Waals surface area contributed by atoms with Gasteiger partial charge in [-0.25, -0.2) is 4.79 Å². The van der Waals surface area contributed by atoms with E-state index in [2.05, 4.69) is 10.6 Å². The average Bonchev–Trinajstić information content (AvgIpc) is 3.08. The first kappa shape index (κ1) is 17.0. The molecule has 0 bridgehead atoms. The third kappa shape index (κ3) is 5.10. The number of hydrogen-bond donors (Lipinski definition) is 2. The van der Waals surface area contributed by atoms with Gasteiger partial charge in [0.05, 0.1) is 6.04 Å². The van der Waals surface area contributed by atoms with E-state index >= 15 is 0 Å². The third-order valence-electron chi connectivity index (χ3n) is 3.59. The molecular weight excluding hydrogens is 310 g/mol. The van der Waals surface area contributed by atoms with Crippen LogP contribution in [-0.2, 0) is 4.79 Å². The Balaban J connectivity index is 1.73. The van der Waals surface area contributed by atoms with Crippen LogP contribution in [0.25, 0.3) is 0 Å². The highest BCUT2D eigenvalue weighted by Gasteiger charge is 2.17. The summed E-state index contributed by atoms with van der Waals surface area (Å²) in [5.74, 6) is 0.00547. The predicted molar refractivity (Wildman–Crippen MR) is 93.6 cm³/mol. The third-order valence-corrected chi connectivity index (χ3v) is 4.63. The largest absolute Gasteiger partial charge is 0.338 e. The number of carbonyl (C=O) groups excluding carboxylic acids is 2. The second-order valence-corrected chi connectivity index (χ2v) is 6.17. The molecule has 0 fully saturated rings. The zero-order valence-corrected chi connectivity index (χ0v) is 14.1. The van der Waals surface area contributed by atoms with Gasteiger partial charge >= 0.3 is 6.03 Å². The molecule has 1 aromatic heterocycles. The van der Waals surface area contributed by atoms with E-state index in [0.717, 1.165) is 10.6 Å². The van der Waals surface area contributed by atoms with E-state index in [9.17, 15) is 9.59 Å². The smallest absolute Gasteiger partial charge is 0.319 e. The number of nitrogens with zero attached hydrogens (tertiary/aromatic N) is 1. The molecule has 3 amide bonds. The summed E-state index contributed by atoms with van der Waals surface area (Å²) < 4.78 is 0. The van der Waals surface area contributed by atoms with E-state index in [-0.39, 0.29) is 24.4 Å². The van der Waals surface area contributed by atoms with Gasteiger partial charge in [-0.3, -0.25) is 4.79 Å². The Kier molecular flexibility index (Phi) is 6.17. The van der Waals surface area contributed by atoms with Crippen molar-refractivity contribution in [1.29, 1.82) is 0 Å². The summed E-state index contributed by atoms with van der Waals surface area (Å²) in [6.07, 6.45) is 0.272. The molecule has 1 heterocycles. The van der Waals surface area contributed by atoms with Gasteiger partial charge in [0, 0.05) is 30.6 Å². The molecular formula is C17H21N3O2S. The number of thiophene rings is 1. The van der Waals surface area contributed by atoms with E-state index in [1.165, 1.54) is 0 Å². The lowest BCUT2D eigenvalue weighted by Gasteiger charge is -2.24. The van der Waals surface area contributed by atoms with Crippen molar-refractivity contribution in [2.45, 2.75) is 19.4 Å². The lowest BCUT2D eigenvalue weighted by Crippen LogP contribution is -2.35. The monoisotopic (exact) mass is 331 g/mol. The Morgan fingerprint density at radius 1 is 1.17 bits per heavy atom. The van der Waals surface area contributed by atoms with Gasteiger partial charge in [0.2, 0.25) is 5.91 Å². The second kappa shape index (κ2) is 8.33. The highest BCUT2D eigenvalue weighted by Crippen LogP contribution is 2.23. The van der Waals surface area contributed by atoms with Crippen LogP contribution in [0.2, 0.25) is 0 Å². The Labute approximate surface area is 140 Å². The Morgan fingerprint density at radius 3 is 2.57 bits per heavy atom. The van der Waals surface area contributed by atoms with Crippen LogP contribution in [0.5, 0.6) is 0 Å². The molecule has 2 aromatic rings. The summed E-state index contributed by atoms with van der Waals surface area (Å²) in [5.41, 5.74) is 0.722. The van der Waals surface area contributed by atoms with Crippen LogP contribution in [0.1, 0.15) is 24.3 Å². The molecule has 0 aliphatic heterocycles. The Morgan fingerprint density at radius 2 is 1.91 bits per heavy atom. The zero-order valence-electron chi connectivity index (χ0n) is 13.3. The van der Waals surface area contributed by atoms with Crippen LogP contribution >= 0.6 is 11.3 Å². The number of carbonyl (C=O) groups is 2. The van der Waals surface area contributed by atoms with Gasteiger partial charge in [-0.05, 0) is 30.5 Å². The number of anilines is 1. The maximum atomic E-state index is 12.2. The number of para-hydroxylation sites is 1. The summed E-state index contributed by atoms with van der Waals surface area (Å²) in [7, 11) is 1.79. The van der Waals surface area contributed by atoms with Crippen molar-refractivity contribution in [3.63, 3.8) is 0 Å². The number of nitrogens with one attached hydrogen (secondary N) is 2. The van der Waals surface area contributed by atoms with E-state index in [1.807, 2.05) is 42.6 Å². The molecule has 1 aromatic carbocycles. The van der Waals surface area contributed by atoms with Gasteiger partial charge in [0.15, 0.2) is 0 Å². The first-order valence-electron chi connectivity index (χ1n) is 7.47. The first-order chi connectivity index (χ1) is 11.1. The molecule has 1 unspecified atom stereocenters. The second-order valence-electron chi connectivity index (χ2n) is 5.19. The number of urea groups is 1. The first-order valence-corrected chi connectivity index (χ1v) is 8.35.